The first-order valence-corrected chi connectivity index (χ1v) is 3.07. The molecule has 0 aromatic carbocycles. The van der Waals surface area contributed by atoms with Crippen LogP contribution in [-0.2, 0) is 7.05 Å². The van der Waals surface area contributed by atoms with Crippen LogP contribution < -0.4 is 5.32 Å². The highest BCUT2D eigenvalue weighted by Gasteiger charge is 2.05. The second-order valence-electron chi connectivity index (χ2n) is 2.04. The third kappa shape index (κ3) is 1.76. The molecular weight excluding hydrogens is 149 g/mol. The molecule has 0 fully saturated rings. The summed E-state index contributed by atoms with van der Waals surface area (Å²) < 4.78 is 13.1. The van der Waals surface area contributed by atoms with Gasteiger partial charge >= 0.3 is 0 Å². The molecule has 0 spiro atoms. The largest absolute Gasteiger partial charge is 0.325 e. The third-order valence-electron chi connectivity index (χ3n) is 1.19. The minimum Gasteiger partial charge on any atom is -0.325 e. The van der Waals surface area contributed by atoms with Gasteiger partial charge in [-0.05, 0) is 0 Å². The van der Waals surface area contributed by atoms with Crippen molar-refractivity contribution in [1.82, 2.24) is 15.1 Å². The lowest BCUT2D eigenvalue weighted by Gasteiger charge is -1.93. The molecule has 5 heteroatoms. The Kier molecular flexibility index (Phi) is 2.20. The summed E-state index contributed by atoms with van der Waals surface area (Å²) in [6.45, 7) is -0.853. The maximum Gasteiger partial charge on any atom is 0.256 e. The molecule has 11 heavy (non-hydrogen) atoms. The van der Waals surface area contributed by atoms with E-state index >= 15 is 0 Å². The number of amides is 1. The number of hydrogen-bond acceptors (Lipinski definition) is 2. The summed E-state index contributed by atoms with van der Waals surface area (Å²) in [4.78, 5) is 10.9. The Labute approximate surface area is 63.0 Å². The number of aromatic nitrogens is 2. The van der Waals surface area contributed by atoms with Gasteiger partial charge in [-0.3, -0.25) is 9.48 Å². The van der Waals surface area contributed by atoms with Gasteiger partial charge in [-0.1, -0.05) is 0 Å². The van der Waals surface area contributed by atoms with Crippen molar-refractivity contribution in [1.29, 1.82) is 0 Å². The Morgan fingerprint density at radius 1 is 1.91 bits per heavy atom. The molecule has 1 rings (SSSR count). The molecule has 0 atom stereocenters. The van der Waals surface area contributed by atoms with Crippen LogP contribution in [0, 0.1) is 0 Å². The van der Waals surface area contributed by atoms with Crippen LogP contribution in [0.25, 0.3) is 0 Å². The van der Waals surface area contributed by atoms with Gasteiger partial charge in [0.05, 0.1) is 11.8 Å². The monoisotopic (exact) mass is 157 g/mol. The fourth-order valence-corrected chi connectivity index (χ4v) is 0.701. The molecule has 0 radical (unpaired) electrons. The van der Waals surface area contributed by atoms with Gasteiger partial charge in [0.1, 0.15) is 0 Å². The van der Waals surface area contributed by atoms with Crippen LogP contribution in [0.3, 0.4) is 0 Å². The van der Waals surface area contributed by atoms with E-state index in [1.807, 2.05) is 5.32 Å². The highest BCUT2D eigenvalue weighted by atomic mass is 19.1. The zero-order chi connectivity index (χ0) is 8.27. The first kappa shape index (κ1) is 7.71. The van der Waals surface area contributed by atoms with Crippen molar-refractivity contribution in [3.8, 4) is 0 Å². The van der Waals surface area contributed by atoms with Crippen LogP contribution in [0.4, 0.5) is 4.39 Å². The molecule has 0 saturated carbocycles. The van der Waals surface area contributed by atoms with Gasteiger partial charge in [0.2, 0.25) is 0 Å². The van der Waals surface area contributed by atoms with Gasteiger partial charge in [-0.25, -0.2) is 4.39 Å². The van der Waals surface area contributed by atoms with Gasteiger partial charge < -0.3 is 5.32 Å². The second-order valence-corrected chi connectivity index (χ2v) is 2.04. The first-order valence-electron chi connectivity index (χ1n) is 3.07. The number of carbonyl (C=O) groups excluding carboxylic acids is 1. The molecule has 60 valence electrons. The van der Waals surface area contributed by atoms with E-state index < -0.39 is 12.7 Å². The number of alkyl halides is 1. The fourth-order valence-electron chi connectivity index (χ4n) is 0.701. The highest BCUT2D eigenvalue weighted by molar-refractivity contribution is 5.93. The summed E-state index contributed by atoms with van der Waals surface area (Å²) >= 11 is 0. The molecule has 0 bridgehead atoms. The summed E-state index contributed by atoms with van der Waals surface area (Å²) in [7, 11) is 1.69. The predicted molar refractivity (Wildman–Crippen MR) is 36.6 cm³/mol. The van der Waals surface area contributed by atoms with Gasteiger partial charge in [0, 0.05) is 13.2 Å². The number of nitrogens with one attached hydrogen (secondary N) is 1. The Balaban J connectivity index is 2.69. The molecular formula is C6H8FN3O. The summed E-state index contributed by atoms with van der Waals surface area (Å²) in [6, 6.07) is 0. The molecule has 1 N–H and O–H groups in total. The molecule has 0 aliphatic carbocycles. The van der Waals surface area contributed by atoms with Crippen molar-refractivity contribution in [3.05, 3.63) is 18.0 Å². The van der Waals surface area contributed by atoms with Crippen LogP contribution in [0.5, 0.6) is 0 Å². The third-order valence-corrected chi connectivity index (χ3v) is 1.19. The Hall–Kier alpha value is -1.39. The summed E-state index contributed by atoms with van der Waals surface area (Å²) in [5, 5.41) is 5.77. The van der Waals surface area contributed by atoms with Crippen LogP contribution in [0.2, 0.25) is 0 Å². The maximum absolute atomic E-state index is 11.6. The molecule has 1 amide bonds. The standard InChI is InChI=1S/C6H8FN3O/c1-10-3-5(2-9-10)6(11)8-4-7/h2-3H,4H2,1H3,(H,8,11). The van der Waals surface area contributed by atoms with Crippen molar-refractivity contribution in [2.45, 2.75) is 0 Å². The van der Waals surface area contributed by atoms with E-state index in [0.717, 1.165) is 0 Å². The lowest BCUT2D eigenvalue weighted by atomic mass is 10.3. The van der Waals surface area contributed by atoms with Crippen molar-refractivity contribution < 1.29 is 9.18 Å². The van der Waals surface area contributed by atoms with Gasteiger partial charge in [0.15, 0.2) is 6.80 Å². The number of hydrogen-bond donors (Lipinski definition) is 1. The predicted octanol–water partition coefficient (Wildman–Crippen LogP) is 0.0769. The number of halogens is 1. The summed E-state index contributed by atoms with van der Waals surface area (Å²) in [6.07, 6.45) is 2.90. The van der Waals surface area contributed by atoms with E-state index in [1.165, 1.54) is 17.1 Å². The quantitative estimate of drug-likeness (QED) is 0.618. The molecule has 4 nitrogen and oxygen atoms in total. The highest BCUT2D eigenvalue weighted by Crippen LogP contribution is 1.94. The van der Waals surface area contributed by atoms with Crippen LogP contribution in [0.15, 0.2) is 12.4 Å². The van der Waals surface area contributed by atoms with Gasteiger partial charge in [-0.15, -0.1) is 0 Å². The minimum atomic E-state index is -0.853. The second kappa shape index (κ2) is 3.14. The van der Waals surface area contributed by atoms with Crippen LogP contribution >= 0.6 is 0 Å². The summed E-state index contributed by atoms with van der Waals surface area (Å²) in [5.74, 6) is -0.444. The van der Waals surface area contributed by atoms with Crippen molar-refractivity contribution in [2.24, 2.45) is 7.05 Å². The smallest absolute Gasteiger partial charge is 0.256 e. The zero-order valence-electron chi connectivity index (χ0n) is 6.04. The normalized spacial score (nSPS) is 9.64. The number of aryl methyl sites for hydroxylation is 1. The molecule has 0 saturated heterocycles. The zero-order valence-corrected chi connectivity index (χ0v) is 6.04. The number of rotatable bonds is 2. The van der Waals surface area contributed by atoms with Crippen LogP contribution in [0.1, 0.15) is 10.4 Å². The number of carbonyl (C=O) groups is 1. The van der Waals surface area contributed by atoms with Gasteiger partial charge in [-0.2, -0.15) is 5.10 Å². The fraction of sp³-hybridized carbons (Fsp3) is 0.333. The molecule has 0 aliphatic rings. The minimum absolute atomic E-state index is 0.366. The molecule has 1 aromatic rings. The first-order chi connectivity index (χ1) is 5.24. The van der Waals surface area contributed by atoms with E-state index in [9.17, 15) is 9.18 Å². The van der Waals surface area contributed by atoms with E-state index in [0.29, 0.717) is 5.56 Å². The summed E-state index contributed by atoms with van der Waals surface area (Å²) in [5.41, 5.74) is 0.366. The maximum atomic E-state index is 11.6. The van der Waals surface area contributed by atoms with E-state index in [2.05, 4.69) is 5.10 Å². The Morgan fingerprint density at radius 3 is 3.09 bits per heavy atom. The van der Waals surface area contributed by atoms with Crippen LogP contribution in [-0.4, -0.2) is 22.5 Å². The average molecular weight is 157 g/mol. The lowest BCUT2D eigenvalue weighted by Crippen LogP contribution is -2.21. The SMILES string of the molecule is Cn1cc(C(=O)NCF)cn1. The van der Waals surface area contributed by atoms with E-state index in [1.54, 1.807) is 7.05 Å². The Bertz CT molecular complexity index is 258. The average Bonchev–Trinajstić information content (AvgIpc) is 2.36. The van der Waals surface area contributed by atoms with Crippen molar-refractivity contribution in [2.75, 3.05) is 6.80 Å². The van der Waals surface area contributed by atoms with Gasteiger partial charge in [0.25, 0.3) is 5.91 Å². The van der Waals surface area contributed by atoms with Crippen molar-refractivity contribution in [3.63, 3.8) is 0 Å². The molecule has 0 aliphatic heterocycles. The van der Waals surface area contributed by atoms with E-state index in [4.69, 9.17) is 0 Å². The molecule has 0 unspecified atom stereocenters. The Morgan fingerprint density at radius 2 is 2.64 bits per heavy atom. The molecule has 1 heterocycles. The van der Waals surface area contributed by atoms with Crippen molar-refractivity contribution >= 4 is 5.91 Å². The van der Waals surface area contributed by atoms with E-state index in [-0.39, 0.29) is 0 Å². The number of nitrogens with zero attached hydrogens (tertiary/aromatic N) is 2. The lowest BCUT2D eigenvalue weighted by molar-refractivity contribution is 0.0937. The topological polar surface area (TPSA) is 46.9 Å². The molecule has 1 aromatic heterocycles.